The molecule has 17 heavy (non-hydrogen) atoms. The Labute approximate surface area is 102 Å². The maximum Gasteiger partial charge on any atom is 0.127 e. The molecule has 1 N–H and O–H groups in total. The van der Waals surface area contributed by atoms with Crippen molar-refractivity contribution in [2.75, 3.05) is 6.54 Å². The summed E-state index contributed by atoms with van der Waals surface area (Å²) >= 11 is 0. The summed E-state index contributed by atoms with van der Waals surface area (Å²) in [4.78, 5) is 0. The fourth-order valence-electron chi connectivity index (χ4n) is 1.82. The topological polar surface area (TPSA) is 12.0 Å². The van der Waals surface area contributed by atoms with E-state index in [9.17, 15) is 8.78 Å². The van der Waals surface area contributed by atoms with Crippen LogP contribution in [0.5, 0.6) is 0 Å². The minimum absolute atomic E-state index is 0.332. The standard InChI is InChI=1S/C14H21F2N/c1-10(2)17-8-7-14(3,4)12-9-11(15)5-6-13(12)16/h5-6,9-10,17H,7-8H2,1-4H3. The third-order valence-corrected chi connectivity index (χ3v) is 2.96. The van der Waals surface area contributed by atoms with Gasteiger partial charge >= 0.3 is 0 Å². The summed E-state index contributed by atoms with van der Waals surface area (Å²) in [5.41, 5.74) is 0.0803. The van der Waals surface area contributed by atoms with Gasteiger partial charge in [-0.25, -0.2) is 8.78 Å². The van der Waals surface area contributed by atoms with Crippen molar-refractivity contribution in [2.45, 2.75) is 45.6 Å². The molecule has 0 fully saturated rings. The molecule has 0 amide bonds. The van der Waals surface area contributed by atoms with Gasteiger partial charge in [0.15, 0.2) is 0 Å². The third-order valence-electron chi connectivity index (χ3n) is 2.96. The lowest BCUT2D eigenvalue weighted by Crippen LogP contribution is -2.30. The Kier molecular flexibility index (Phi) is 4.63. The lowest BCUT2D eigenvalue weighted by molar-refractivity contribution is 0.419. The zero-order chi connectivity index (χ0) is 13.1. The van der Waals surface area contributed by atoms with E-state index in [1.165, 1.54) is 12.1 Å². The van der Waals surface area contributed by atoms with E-state index >= 15 is 0 Å². The van der Waals surface area contributed by atoms with Gasteiger partial charge < -0.3 is 5.32 Å². The summed E-state index contributed by atoms with van der Waals surface area (Å²) in [7, 11) is 0. The number of hydrogen-bond acceptors (Lipinski definition) is 1. The molecular weight excluding hydrogens is 220 g/mol. The van der Waals surface area contributed by atoms with E-state index in [-0.39, 0.29) is 17.0 Å². The van der Waals surface area contributed by atoms with Crippen molar-refractivity contribution < 1.29 is 8.78 Å². The summed E-state index contributed by atoms with van der Waals surface area (Å²) in [6.07, 6.45) is 0.769. The van der Waals surface area contributed by atoms with Gasteiger partial charge in [0.25, 0.3) is 0 Å². The summed E-state index contributed by atoms with van der Waals surface area (Å²) in [5.74, 6) is -0.716. The molecule has 1 aromatic carbocycles. The Balaban J connectivity index is 2.77. The van der Waals surface area contributed by atoms with Crippen LogP contribution in [0.15, 0.2) is 18.2 Å². The largest absolute Gasteiger partial charge is 0.315 e. The van der Waals surface area contributed by atoms with Gasteiger partial charge in [0.2, 0.25) is 0 Å². The SMILES string of the molecule is CC(C)NCCC(C)(C)c1cc(F)ccc1F. The molecule has 0 atom stereocenters. The molecular formula is C14H21F2N. The number of nitrogens with one attached hydrogen (secondary N) is 1. The summed E-state index contributed by atoms with van der Waals surface area (Å²) in [6.45, 7) is 8.80. The first kappa shape index (κ1) is 14.1. The minimum Gasteiger partial charge on any atom is -0.315 e. The molecule has 0 aliphatic carbocycles. The highest BCUT2D eigenvalue weighted by molar-refractivity contribution is 5.26. The smallest absolute Gasteiger partial charge is 0.127 e. The average molecular weight is 241 g/mol. The zero-order valence-electron chi connectivity index (χ0n) is 11.0. The van der Waals surface area contributed by atoms with Crippen LogP contribution < -0.4 is 5.32 Å². The van der Waals surface area contributed by atoms with Gasteiger partial charge in [-0.1, -0.05) is 27.7 Å². The first-order valence-electron chi connectivity index (χ1n) is 6.02. The van der Waals surface area contributed by atoms with Crippen molar-refractivity contribution in [1.82, 2.24) is 5.32 Å². The summed E-state index contributed by atoms with van der Waals surface area (Å²) in [6, 6.07) is 4.05. The monoisotopic (exact) mass is 241 g/mol. The molecule has 0 radical (unpaired) electrons. The Hall–Kier alpha value is -0.960. The van der Waals surface area contributed by atoms with Crippen molar-refractivity contribution >= 4 is 0 Å². The van der Waals surface area contributed by atoms with Crippen LogP contribution >= 0.6 is 0 Å². The van der Waals surface area contributed by atoms with E-state index in [0.29, 0.717) is 11.6 Å². The fraction of sp³-hybridized carbons (Fsp3) is 0.571. The third kappa shape index (κ3) is 4.08. The van der Waals surface area contributed by atoms with E-state index in [4.69, 9.17) is 0 Å². The lowest BCUT2D eigenvalue weighted by atomic mass is 9.81. The van der Waals surface area contributed by atoms with Crippen LogP contribution in [0, 0.1) is 11.6 Å². The van der Waals surface area contributed by atoms with Gasteiger partial charge in [-0.2, -0.15) is 0 Å². The van der Waals surface area contributed by atoms with Crippen LogP contribution in [-0.4, -0.2) is 12.6 Å². The van der Waals surface area contributed by atoms with E-state index in [1.807, 2.05) is 13.8 Å². The predicted molar refractivity (Wildman–Crippen MR) is 67.1 cm³/mol. The van der Waals surface area contributed by atoms with Crippen LogP contribution in [0.4, 0.5) is 8.78 Å². The van der Waals surface area contributed by atoms with Crippen LogP contribution in [0.25, 0.3) is 0 Å². The lowest BCUT2D eigenvalue weighted by Gasteiger charge is -2.26. The van der Waals surface area contributed by atoms with Gasteiger partial charge in [0.05, 0.1) is 0 Å². The molecule has 0 aliphatic heterocycles. The predicted octanol–water partition coefficient (Wildman–Crippen LogP) is 3.63. The van der Waals surface area contributed by atoms with Crippen LogP contribution in [0.1, 0.15) is 39.7 Å². The van der Waals surface area contributed by atoms with Crippen molar-refractivity contribution in [3.05, 3.63) is 35.4 Å². The Morgan fingerprint density at radius 3 is 2.47 bits per heavy atom. The van der Waals surface area contributed by atoms with Gasteiger partial charge in [-0.05, 0) is 42.1 Å². The molecule has 0 spiro atoms. The van der Waals surface area contributed by atoms with Crippen molar-refractivity contribution in [3.8, 4) is 0 Å². The van der Waals surface area contributed by atoms with E-state index in [2.05, 4.69) is 19.2 Å². The van der Waals surface area contributed by atoms with Crippen molar-refractivity contribution in [2.24, 2.45) is 0 Å². The van der Waals surface area contributed by atoms with Gasteiger partial charge in [0, 0.05) is 6.04 Å². The molecule has 3 heteroatoms. The van der Waals surface area contributed by atoms with Gasteiger partial charge in [-0.3, -0.25) is 0 Å². The summed E-state index contributed by atoms with van der Waals surface area (Å²) < 4.78 is 26.8. The maximum absolute atomic E-state index is 13.7. The molecule has 1 aromatic rings. The minimum atomic E-state index is -0.383. The highest BCUT2D eigenvalue weighted by atomic mass is 19.1. The maximum atomic E-state index is 13.7. The van der Waals surface area contributed by atoms with Crippen LogP contribution in [-0.2, 0) is 5.41 Å². The van der Waals surface area contributed by atoms with E-state index in [1.54, 1.807) is 0 Å². The number of halogens is 2. The quantitative estimate of drug-likeness (QED) is 0.830. The molecule has 0 aromatic heterocycles. The number of benzene rings is 1. The molecule has 0 saturated carbocycles. The fourth-order valence-corrected chi connectivity index (χ4v) is 1.82. The molecule has 0 saturated heterocycles. The van der Waals surface area contributed by atoms with Crippen molar-refractivity contribution in [1.29, 1.82) is 0 Å². The second-order valence-electron chi connectivity index (χ2n) is 5.37. The van der Waals surface area contributed by atoms with Gasteiger partial charge in [-0.15, -0.1) is 0 Å². The number of hydrogen-bond donors (Lipinski definition) is 1. The average Bonchev–Trinajstić information content (AvgIpc) is 2.20. The number of rotatable bonds is 5. The Morgan fingerprint density at radius 1 is 1.24 bits per heavy atom. The summed E-state index contributed by atoms with van der Waals surface area (Å²) in [5, 5.41) is 3.29. The second kappa shape index (κ2) is 5.58. The molecule has 0 bridgehead atoms. The Morgan fingerprint density at radius 2 is 1.88 bits per heavy atom. The molecule has 0 unspecified atom stereocenters. The zero-order valence-corrected chi connectivity index (χ0v) is 11.0. The normalized spacial score (nSPS) is 12.2. The van der Waals surface area contributed by atoms with Gasteiger partial charge in [0.1, 0.15) is 11.6 Å². The van der Waals surface area contributed by atoms with Crippen LogP contribution in [0.3, 0.4) is 0 Å². The first-order chi connectivity index (χ1) is 7.83. The molecule has 0 aliphatic rings. The van der Waals surface area contributed by atoms with Crippen LogP contribution in [0.2, 0.25) is 0 Å². The second-order valence-corrected chi connectivity index (χ2v) is 5.37. The van der Waals surface area contributed by atoms with Crippen molar-refractivity contribution in [3.63, 3.8) is 0 Å². The first-order valence-corrected chi connectivity index (χ1v) is 6.02. The Bertz CT molecular complexity index is 372. The molecule has 1 nitrogen and oxygen atoms in total. The van der Waals surface area contributed by atoms with E-state index < -0.39 is 0 Å². The molecule has 96 valence electrons. The molecule has 1 rings (SSSR count). The molecule has 0 heterocycles. The van der Waals surface area contributed by atoms with E-state index in [0.717, 1.165) is 19.0 Å². The highest BCUT2D eigenvalue weighted by Crippen LogP contribution is 2.29. The highest BCUT2D eigenvalue weighted by Gasteiger charge is 2.24.